The third kappa shape index (κ3) is 13.5. The number of alkyl halides is 12. The van der Waals surface area contributed by atoms with Crippen LogP contribution >= 0.6 is 0 Å². The fourth-order valence-corrected chi connectivity index (χ4v) is 4.91. The molecule has 45 heavy (non-hydrogen) atoms. The van der Waals surface area contributed by atoms with Crippen LogP contribution in [0, 0.1) is 0 Å². The first-order chi connectivity index (χ1) is 19.8. The summed E-state index contributed by atoms with van der Waals surface area (Å²) in [5, 5.41) is -12.3. The van der Waals surface area contributed by atoms with Crippen LogP contribution < -0.4 is 5.73 Å². The molecular formula is C23H42F13N3O4S2. The van der Waals surface area contributed by atoms with Crippen molar-refractivity contribution in [1.82, 2.24) is 9.80 Å². The van der Waals surface area contributed by atoms with E-state index >= 15 is 0 Å². The van der Waals surface area contributed by atoms with Gasteiger partial charge in [-0.15, -0.1) is 0 Å². The molecule has 0 bridgehead atoms. The van der Waals surface area contributed by atoms with Gasteiger partial charge in [0.15, 0.2) is 0 Å². The second-order valence-corrected chi connectivity index (χ2v) is 13.2. The molecule has 22 heteroatoms. The molecule has 0 spiro atoms. The number of hydrogen-bond acceptors (Lipinski definition) is 7. The van der Waals surface area contributed by atoms with E-state index in [-0.39, 0.29) is 12.8 Å². The molecular weight excluding hydrogens is 693 g/mol. The van der Waals surface area contributed by atoms with Gasteiger partial charge in [-0.1, -0.05) is 31.6 Å². The van der Waals surface area contributed by atoms with Crippen molar-refractivity contribution in [1.29, 1.82) is 0 Å². The van der Waals surface area contributed by atoms with Gasteiger partial charge in [-0.05, 0) is 65.1 Å². The standard InChI is InChI=1S/C12H21F6NO2S.C7H18N2.C4H3F7O2S/c1-4-19(5-2)8-6-7-9-22(20,21)12(17,18)11(15,16)10(3,13)14;1-3-9(4-2)7-5-6-8;1-2(5,6)3(7,8)4(9,10)14(11,12)13/h4-9H2,1-3H3;3-8H2,1-2H3;1H3. The molecule has 0 saturated heterocycles. The summed E-state index contributed by atoms with van der Waals surface area (Å²) in [5.41, 5.74) is 5.36. The van der Waals surface area contributed by atoms with E-state index in [9.17, 15) is 73.4 Å². The Balaban J connectivity index is -0.000000653. The summed E-state index contributed by atoms with van der Waals surface area (Å²) in [7, 11) is -12.8. The van der Waals surface area contributed by atoms with Gasteiger partial charge >= 0.3 is 44.4 Å². The van der Waals surface area contributed by atoms with Gasteiger partial charge < -0.3 is 15.5 Å². The fraction of sp³-hybridized carbons (Fsp3) is 1.00. The highest BCUT2D eigenvalue weighted by Gasteiger charge is 2.76. The molecule has 276 valence electrons. The summed E-state index contributed by atoms with van der Waals surface area (Å²) >= 11 is 0. The summed E-state index contributed by atoms with van der Waals surface area (Å²) in [6.07, 6.45) is 1.01. The molecule has 2 N–H and O–H groups in total. The van der Waals surface area contributed by atoms with Gasteiger partial charge in [0.25, 0.3) is 0 Å². The lowest BCUT2D eigenvalue weighted by molar-refractivity contribution is -0.272. The highest BCUT2D eigenvalue weighted by atomic mass is 32.3. The highest BCUT2D eigenvalue weighted by Crippen LogP contribution is 2.49. The molecule has 7 nitrogen and oxygen atoms in total. The Labute approximate surface area is 255 Å². The Morgan fingerprint density at radius 2 is 0.867 bits per heavy atom. The minimum absolute atomic E-state index is 0.186. The van der Waals surface area contributed by atoms with Crippen molar-refractivity contribution in [2.24, 2.45) is 5.73 Å². The van der Waals surface area contributed by atoms with Crippen LogP contribution in [-0.2, 0) is 20.1 Å². The lowest BCUT2D eigenvalue weighted by atomic mass is 10.2. The average molecular weight is 736 g/mol. The number of rotatable bonds is 18. The number of unbranched alkanes of at least 4 members (excludes halogenated alkanes) is 1. The normalized spacial score (nSPS) is 14.2. The van der Waals surface area contributed by atoms with Gasteiger partial charge in [0.1, 0.15) is 0 Å². The number of hydrogen-bond donors (Lipinski definition) is 1. The third-order valence-corrected chi connectivity index (χ3v) is 8.87. The molecule has 0 rings (SSSR count). The molecule has 0 aliphatic heterocycles. The largest absolute Gasteiger partial charge is 0.442 e. The van der Waals surface area contributed by atoms with E-state index in [0.717, 1.165) is 32.6 Å². The van der Waals surface area contributed by atoms with Crippen LogP contribution in [0.3, 0.4) is 0 Å². The quantitative estimate of drug-likeness (QED) is 0.101. The Hall–Kier alpha value is -1.13. The van der Waals surface area contributed by atoms with Gasteiger partial charge in [0.05, 0.1) is 5.75 Å². The molecule has 0 aromatic heterocycles. The number of halogens is 13. The highest BCUT2D eigenvalue weighted by molar-refractivity contribution is 7.92. The molecule has 0 amide bonds. The molecule has 0 fully saturated rings. The van der Waals surface area contributed by atoms with Crippen LogP contribution in [0.25, 0.3) is 0 Å². The maximum absolute atomic E-state index is 13.4. The first-order valence-electron chi connectivity index (χ1n) is 13.4. The summed E-state index contributed by atoms with van der Waals surface area (Å²) in [5.74, 6) is -24.1. The van der Waals surface area contributed by atoms with Crippen molar-refractivity contribution in [2.75, 3.05) is 51.6 Å². The van der Waals surface area contributed by atoms with Crippen LogP contribution in [0.1, 0.15) is 60.8 Å². The van der Waals surface area contributed by atoms with E-state index in [1.165, 1.54) is 0 Å². The Kier molecular flexibility index (Phi) is 19.8. The average Bonchev–Trinajstić information content (AvgIpc) is 2.88. The zero-order chi connectivity index (χ0) is 36.9. The van der Waals surface area contributed by atoms with E-state index < -0.39 is 73.9 Å². The Morgan fingerprint density at radius 3 is 1.11 bits per heavy atom. The van der Waals surface area contributed by atoms with Crippen molar-refractivity contribution >= 4 is 20.1 Å². The van der Waals surface area contributed by atoms with Gasteiger partial charge in [-0.25, -0.2) is 8.42 Å². The summed E-state index contributed by atoms with van der Waals surface area (Å²) in [6.45, 7) is 13.0. The van der Waals surface area contributed by atoms with E-state index in [2.05, 4.69) is 18.7 Å². The molecule has 0 radical (unpaired) electrons. The van der Waals surface area contributed by atoms with Crippen LogP contribution in [0.2, 0.25) is 0 Å². The van der Waals surface area contributed by atoms with E-state index in [1.807, 2.05) is 18.7 Å². The second kappa shape index (κ2) is 18.4. The molecule has 0 aliphatic rings. The third-order valence-electron chi connectivity index (χ3n) is 6.14. The summed E-state index contributed by atoms with van der Waals surface area (Å²) in [4.78, 5) is 4.27. The summed E-state index contributed by atoms with van der Waals surface area (Å²) < 4.78 is 203. The summed E-state index contributed by atoms with van der Waals surface area (Å²) in [6, 6.07) is 0. The van der Waals surface area contributed by atoms with Crippen molar-refractivity contribution in [3.8, 4) is 0 Å². The number of nitrogens with zero attached hydrogens (tertiary/aromatic N) is 2. The van der Waals surface area contributed by atoms with Gasteiger partial charge in [0.2, 0.25) is 9.84 Å². The van der Waals surface area contributed by atoms with Crippen LogP contribution in [0.5, 0.6) is 0 Å². The fourth-order valence-electron chi connectivity index (χ4n) is 3.01. The van der Waals surface area contributed by atoms with E-state index in [1.54, 1.807) is 0 Å². The van der Waals surface area contributed by atoms with Crippen LogP contribution in [0.4, 0.5) is 56.6 Å². The SMILES string of the molecule is CC(F)(F)C(F)(F)C(F)(F)S(=O)(=O)F.CCN(CC)CCCCS(=O)(=O)C(F)(F)C(F)(F)C(C)(F)F.CCN(CC)CCCN. The van der Waals surface area contributed by atoms with Gasteiger partial charge in [-0.2, -0.15) is 61.1 Å². The monoisotopic (exact) mass is 735 g/mol. The molecule has 0 heterocycles. The molecule has 0 atom stereocenters. The maximum Gasteiger partial charge on any atom is 0.442 e. The van der Waals surface area contributed by atoms with Crippen LogP contribution in [0.15, 0.2) is 0 Å². The van der Waals surface area contributed by atoms with Gasteiger partial charge in [-0.3, -0.25) is 0 Å². The first-order valence-corrected chi connectivity index (χ1v) is 16.5. The second-order valence-electron chi connectivity index (χ2n) is 9.62. The smallest absolute Gasteiger partial charge is 0.330 e. The van der Waals surface area contributed by atoms with Crippen molar-refractivity contribution in [2.45, 2.75) is 95.0 Å². The van der Waals surface area contributed by atoms with E-state index in [4.69, 9.17) is 5.73 Å². The lowest BCUT2D eigenvalue weighted by Gasteiger charge is -2.30. The van der Waals surface area contributed by atoms with Crippen molar-refractivity contribution in [3.63, 3.8) is 0 Å². The Bertz CT molecular complexity index is 1040. The molecule has 0 unspecified atom stereocenters. The lowest BCUT2D eigenvalue weighted by Crippen LogP contribution is -2.57. The maximum atomic E-state index is 13.4. The topological polar surface area (TPSA) is 101 Å². The van der Waals surface area contributed by atoms with Crippen LogP contribution in [-0.4, -0.2) is 112 Å². The molecule has 0 aromatic carbocycles. The zero-order valence-electron chi connectivity index (χ0n) is 25.6. The predicted molar refractivity (Wildman–Crippen MR) is 143 cm³/mol. The Morgan fingerprint density at radius 1 is 0.556 bits per heavy atom. The predicted octanol–water partition coefficient (Wildman–Crippen LogP) is 6.25. The molecule has 0 aromatic rings. The van der Waals surface area contributed by atoms with Gasteiger partial charge in [0, 0.05) is 13.8 Å². The number of nitrogens with two attached hydrogens (primary N) is 1. The minimum Gasteiger partial charge on any atom is -0.330 e. The number of sulfone groups is 1. The van der Waals surface area contributed by atoms with Crippen molar-refractivity contribution in [3.05, 3.63) is 0 Å². The van der Waals surface area contributed by atoms with Crippen molar-refractivity contribution < 1.29 is 73.4 Å². The minimum atomic E-state index is -7.11. The zero-order valence-corrected chi connectivity index (χ0v) is 27.2. The molecule has 0 aliphatic carbocycles. The first kappa shape index (κ1) is 48.3. The van der Waals surface area contributed by atoms with E-state index in [0.29, 0.717) is 19.6 Å². The molecule has 0 saturated carbocycles.